The highest BCUT2D eigenvalue weighted by Gasteiger charge is 2.29. The van der Waals surface area contributed by atoms with E-state index in [0.717, 1.165) is 5.39 Å². The van der Waals surface area contributed by atoms with Gasteiger partial charge in [0.05, 0.1) is 28.9 Å². The minimum Gasteiger partial charge on any atom is -0.593 e. The van der Waals surface area contributed by atoms with Gasteiger partial charge in [-0.2, -0.15) is 4.72 Å². The molecule has 3 heterocycles. The molecule has 0 saturated carbocycles. The second kappa shape index (κ2) is 10.0. The fraction of sp³-hybridized carbons (Fsp3) is 0.148. The Labute approximate surface area is 219 Å². The van der Waals surface area contributed by atoms with E-state index in [0.29, 0.717) is 33.1 Å². The van der Waals surface area contributed by atoms with E-state index in [2.05, 4.69) is 14.7 Å². The summed E-state index contributed by atoms with van der Waals surface area (Å²) in [6, 6.07) is 15.5. The molecule has 7 nitrogen and oxygen atoms in total. The molecule has 0 saturated heterocycles. The van der Waals surface area contributed by atoms with Gasteiger partial charge in [0.2, 0.25) is 0 Å². The van der Waals surface area contributed by atoms with Crippen molar-refractivity contribution in [1.82, 2.24) is 19.3 Å². The second-order valence-electron chi connectivity index (χ2n) is 8.54. The van der Waals surface area contributed by atoms with Crippen LogP contribution in [-0.4, -0.2) is 30.7 Å². The number of fused-ring (bicyclic) bond motifs is 2. The maximum Gasteiger partial charge on any atom is 0.309 e. The molecule has 2 aromatic carbocycles. The van der Waals surface area contributed by atoms with Crippen molar-refractivity contribution in [3.63, 3.8) is 0 Å². The summed E-state index contributed by atoms with van der Waals surface area (Å²) in [5.74, 6) is -0.925. The molecule has 0 aliphatic rings. The Balaban J connectivity index is 1.83. The van der Waals surface area contributed by atoms with Crippen LogP contribution in [0, 0.1) is 12.7 Å². The van der Waals surface area contributed by atoms with Crippen LogP contribution < -0.4 is 10.3 Å². The molecule has 2 N–H and O–H groups in total. The lowest BCUT2D eigenvalue weighted by atomic mass is 10.0. The van der Waals surface area contributed by atoms with Crippen molar-refractivity contribution in [2.24, 2.45) is 0 Å². The smallest absolute Gasteiger partial charge is 0.309 e. The van der Waals surface area contributed by atoms with Crippen LogP contribution in [0.25, 0.3) is 32.9 Å². The molecule has 1 unspecified atom stereocenters. The number of benzene rings is 2. The summed E-state index contributed by atoms with van der Waals surface area (Å²) in [6.07, 6.45) is 1.49. The van der Waals surface area contributed by atoms with Crippen LogP contribution in [0.4, 0.5) is 4.39 Å². The van der Waals surface area contributed by atoms with E-state index in [1.807, 2.05) is 30.3 Å². The zero-order chi connectivity index (χ0) is 26.3. The number of nitrogens with zero attached hydrogens (tertiary/aromatic N) is 2. The topological polar surface area (TPSA) is 103 Å². The summed E-state index contributed by atoms with van der Waals surface area (Å²) in [6.45, 7) is 3.34. The van der Waals surface area contributed by atoms with Gasteiger partial charge in [-0.3, -0.25) is 9.59 Å². The first-order valence-corrected chi connectivity index (χ1v) is 13.2. The van der Waals surface area contributed by atoms with E-state index in [-0.39, 0.29) is 28.7 Å². The molecule has 0 bridgehead atoms. The quantitative estimate of drug-likeness (QED) is 0.232. The van der Waals surface area contributed by atoms with Crippen LogP contribution in [0.5, 0.6) is 0 Å². The molecule has 188 valence electrons. The van der Waals surface area contributed by atoms with Crippen LogP contribution in [0.1, 0.15) is 28.5 Å². The predicted molar refractivity (Wildman–Crippen MR) is 145 cm³/mol. The fourth-order valence-corrected chi connectivity index (χ4v) is 5.06. The number of carbonyl (C=O) groups excluding carboxylic acids is 1. The second-order valence-corrected chi connectivity index (χ2v) is 10.4. The highest BCUT2D eigenvalue weighted by molar-refractivity contribution is 7.90. The molecule has 37 heavy (non-hydrogen) atoms. The number of nitrogens with one attached hydrogen (secondary N) is 2. The first kappa shape index (κ1) is 25.0. The van der Waals surface area contributed by atoms with Crippen LogP contribution in [0.2, 0.25) is 5.15 Å². The number of amides is 1. The first-order valence-electron chi connectivity index (χ1n) is 11.5. The minimum atomic E-state index is -1.65. The lowest BCUT2D eigenvalue weighted by Crippen LogP contribution is -2.33. The van der Waals surface area contributed by atoms with E-state index in [1.165, 1.54) is 12.3 Å². The normalized spacial score (nSPS) is 12.2. The Bertz CT molecular complexity index is 1730. The van der Waals surface area contributed by atoms with Gasteiger partial charge in [-0.1, -0.05) is 29.8 Å². The highest BCUT2D eigenvalue weighted by Crippen LogP contribution is 2.36. The maximum atomic E-state index is 14.9. The van der Waals surface area contributed by atoms with Crippen LogP contribution >= 0.6 is 11.6 Å². The molecule has 10 heteroatoms. The SMILES string of the molecule is CC[S+]([O-])NC(=O)c1c(-c2ccc[nH]c2=O)c2cc(C)c(F)cc2n1Cc1cc2ccccc2nc1Cl. The number of hydrogen-bond acceptors (Lipinski definition) is 4. The van der Waals surface area contributed by atoms with Gasteiger partial charge in [0.1, 0.15) is 22.4 Å². The molecule has 0 spiro atoms. The Morgan fingerprint density at radius 1 is 1.22 bits per heavy atom. The Hall–Kier alpha value is -3.66. The summed E-state index contributed by atoms with van der Waals surface area (Å²) in [7, 11) is 0. The van der Waals surface area contributed by atoms with Gasteiger partial charge < -0.3 is 14.1 Å². The summed E-state index contributed by atoms with van der Waals surface area (Å²) < 4.78 is 31.3. The van der Waals surface area contributed by atoms with Crippen LogP contribution in [-0.2, 0) is 17.9 Å². The van der Waals surface area contributed by atoms with Crippen LogP contribution in [0.15, 0.2) is 65.6 Å². The first-order chi connectivity index (χ1) is 17.8. The lowest BCUT2D eigenvalue weighted by molar-refractivity contribution is 0.0974. The van der Waals surface area contributed by atoms with Crippen molar-refractivity contribution < 1.29 is 13.7 Å². The summed E-state index contributed by atoms with van der Waals surface area (Å²) in [5.41, 5.74) is 2.25. The average molecular weight is 537 g/mol. The summed E-state index contributed by atoms with van der Waals surface area (Å²) in [4.78, 5) is 33.6. The van der Waals surface area contributed by atoms with Crippen molar-refractivity contribution >= 4 is 50.7 Å². The van der Waals surface area contributed by atoms with E-state index >= 15 is 0 Å². The van der Waals surface area contributed by atoms with Gasteiger partial charge in [-0.15, -0.1) is 0 Å². The zero-order valence-corrected chi connectivity index (χ0v) is 21.5. The maximum absolute atomic E-state index is 14.9. The number of H-pyrrole nitrogens is 1. The van der Waals surface area contributed by atoms with Crippen molar-refractivity contribution in [3.8, 4) is 11.1 Å². The fourth-order valence-electron chi connectivity index (χ4n) is 4.41. The molecule has 1 atom stereocenters. The highest BCUT2D eigenvalue weighted by atomic mass is 35.5. The van der Waals surface area contributed by atoms with E-state index in [1.54, 1.807) is 36.6 Å². The molecular formula is C27H22ClFN4O3S. The molecule has 0 radical (unpaired) electrons. The van der Waals surface area contributed by atoms with Gasteiger partial charge in [0.15, 0.2) is 0 Å². The van der Waals surface area contributed by atoms with Crippen molar-refractivity contribution in [2.45, 2.75) is 20.4 Å². The molecule has 0 aliphatic carbocycles. The number of rotatable bonds is 6. The lowest BCUT2D eigenvalue weighted by Gasteiger charge is -2.15. The van der Waals surface area contributed by atoms with Gasteiger partial charge in [-0.25, -0.2) is 9.37 Å². The van der Waals surface area contributed by atoms with E-state index < -0.39 is 28.6 Å². The summed E-state index contributed by atoms with van der Waals surface area (Å²) >= 11 is 4.90. The number of aromatic amines is 1. The molecule has 0 aliphatic heterocycles. The van der Waals surface area contributed by atoms with Crippen molar-refractivity contribution in [2.75, 3.05) is 5.75 Å². The molecule has 3 aromatic heterocycles. The molecular weight excluding hydrogens is 515 g/mol. The number of hydrogen-bond donors (Lipinski definition) is 2. The van der Waals surface area contributed by atoms with Crippen molar-refractivity contribution in [3.05, 3.63) is 98.9 Å². The Morgan fingerprint density at radius 2 is 2.00 bits per heavy atom. The van der Waals surface area contributed by atoms with E-state index in [9.17, 15) is 18.5 Å². The third kappa shape index (κ3) is 4.61. The third-order valence-electron chi connectivity index (χ3n) is 6.19. The third-order valence-corrected chi connectivity index (χ3v) is 7.46. The monoisotopic (exact) mass is 536 g/mol. The van der Waals surface area contributed by atoms with Crippen LogP contribution in [0.3, 0.4) is 0 Å². The van der Waals surface area contributed by atoms with Gasteiger partial charge in [0, 0.05) is 33.7 Å². The zero-order valence-electron chi connectivity index (χ0n) is 20.0. The number of aryl methyl sites for hydroxylation is 1. The Kier molecular flexibility index (Phi) is 6.76. The molecule has 5 aromatic rings. The standard InChI is InChI=1S/C27H22ClFN4O3S/c1-3-37(36)32-27(35)24-23(18-8-6-10-30-26(18)34)19-11-15(2)20(29)13-22(19)33(24)14-17-12-16-7-4-5-9-21(16)31-25(17)28/h4-13H,3,14H2,1-2H3,(H,30,34)(H,32,35). The predicted octanol–water partition coefficient (Wildman–Crippen LogP) is 5.11. The average Bonchev–Trinajstić information content (AvgIpc) is 3.17. The molecule has 5 rings (SSSR count). The number of para-hydroxylation sites is 1. The number of halogens is 2. The number of pyridine rings is 2. The van der Waals surface area contributed by atoms with E-state index in [4.69, 9.17) is 11.6 Å². The largest absolute Gasteiger partial charge is 0.593 e. The number of carbonyl (C=O) groups is 1. The van der Waals surface area contributed by atoms with Gasteiger partial charge >= 0.3 is 5.91 Å². The number of aromatic nitrogens is 3. The Morgan fingerprint density at radius 3 is 2.76 bits per heavy atom. The van der Waals surface area contributed by atoms with Gasteiger partial charge in [0.25, 0.3) is 5.56 Å². The van der Waals surface area contributed by atoms with Gasteiger partial charge in [-0.05, 0) is 55.8 Å². The van der Waals surface area contributed by atoms with Crippen molar-refractivity contribution in [1.29, 1.82) is 0 Å². The molecule has 0 fully saturated rings. The molecule has 1 amide bonds. The summed E-state index contributed by atoms with van der Waals surface area (Å²) in [5, 5.41) is 1.59. The minimum absolute atomic E-state index is 0.0575.